The molecule has 1 aromatic carbocycles. The van der Waals surface area contributed by atoms with E-state index in [1.807, 2.05) is 0 Å². The van der Waals surface area contributed by atoms with Gasteiger partial charge in [0.2, 0.25) is 5.91 Å². The van der Waals surface area contributed by atoms with Crippen LogP contribution >= 0.6 is 12.4 Å². The third-order valence-corrected chi connectivity index (χ3v) is 4.82. The fraction of sp³-hybridized carbons (Fsp3) is 0.562. The molecule has 2 heterocycles. The van der Waals surface area contributed by atoms with Crippen molar-refractivity contribution < 1.29 is 18.0 Å². The Morgan fingerprint density at radius 3 is 2.26 bits per heavy atom. The van der Waals surface area contributed by atoms with Crippen LogP contribution < -0.4 is 5.32 Å². The van der Waals surface area contributed by atoms with Crippen molar-refractivity contribution in [2.45, 2.75) is 32.0 Å². The Labute approximate surface area is 139 Å². The van der Waals surface area contributed by atoms with Crippen LogP contribution in [0.3, 0.4) is 0 Å². The first-order valence-electron chi connectivity index (χ1n) is 7.57. The topological polar surface area (TPSA) is 32.3 Å². The second kappa shape index (κ2) is 6.69. The summed E-state index contributed by atoms with van der Waals surface area (Å²) in [4.78, 5) is 14.4. The summed E-state index contributed by atoms with van der Waals surface area (Å²) in [7, 11) is 0. The molecule has 23 heavy (non-hydrogen) atoms. The highest BCUT2D eigenvalue weighted by atomic mass is 35.5. The van der Waals surface area contributed by atoms with Gasteiger partial charge >= 0.3 is 6.18 Å². The van der Waals surface area contributed by atoms with Crippen molar-refractivity contribution in [3.63, 3.8) is 0 Å². The van der Waals surface area contributed by atoms with Crippen molar-refractivity contribution in [3.8, 4) is 0 Å². The molecule has 0 saturated carbocycles. The van der Waals surface area contributed by atoms with E-state index in [0.717, 1.165) is 50.0 Å². The van der Waals surface area contributed by atoms with Gasteiger partial charge < -0.3 is 10.2 Å². The van der Waals surface area contributed by atoms with Crippen LogP contribution in [0.4, 0.5) is 13.2 Å². The monoisotopic (exact) mass is 348 g/mol. The largest absolute Gasteiger partial charge is 0.416 e. The van der Waals surface area contributed by atoms with E-state index in [0.29, 0.717) is 13.1 Å². The van der Waals surface area contributed by atoms with E-state index >= 15 is 0 Å². The molecule has 7 heteroatoms. The van der Waals surface area contributed by atoms with Gasteiger partial charge in [0.15, 0.2) is 0 Å². The molecule has 1 N–H and O–H groups in total. The van der Waals surface area contributed by atoms with Crippen LogP contribution in [-0.4, -0.2) is 30.4 Å². The molecular formula is C16H20ClF3N2O. The molecule has 0 atom stereocenters. The van der Waals surface area contributed by atoms with Gasteiger partial charge in [-0.1, -0.05) is 12.1 Å². The number of likely N-dealkylation sites (tertiary alicyclic amines) is 1. The Morgan fingerprint density at radius 2 is 1.70 bits per heavy atom. The number of hydrogen-bond acceptors (Lipinski definition) is 2. The van der Waals surface area contributed by atoms with E-state index in [4.69, 9.17) is 0 Å². The summed E-state index contributed by atoms with van der Waals surface area (Å²) in [6.07, 6.45) is -1.75. The van der Waals surface area contributed by atoms with E-state index in [1.165, 1.54) is 12.1 Å². The first-order chi connectivity index (χ1) is 10.4. The average molecular weight is 349 g/mol. The van der Waals surface area contributed by atoms with Crippen LogP contribution in [0.2, 0.25) is 0 Å². The maximum absolute atomic E-state index is 12.6. The number of piperidine rings is 1. The van der Waals surface area contributed by atoms with E-state index in [1.54, 1.807) is 4.90 Å². The number of benzene rings is 1. The number of nitrogens with one attached hydrogen (secondary N) is 1. The van der Waals surface area contributed by atoms with Crippen LogP contribution in [0.15, 0.2) is 24.3 Å². The molecule has 2 saturated heterocycles. The molecule has 128 valence electrons. The lowest BCUT2D eigenvalue weighted by atomic mass is 9.78. The molecule has 0 bridgehead atoms. The van der Waals surface area contributed by atoms with Gasteiger partial charge in [0.25, 0.3) is 0 Å². The molecule has 0 radical (unpaired) electrons. The van der Waals surface area contributed by atoms with Crippen LogP contribution in [0.5, 0.6) is 0 Å². The number of carbonyl (C=O) groups excluding carboxylic acids is 1. The zero-order chi connectivity index (χ0) is 15.8. The number of amides is 1. The molecule has 0 aliphatic carbocycles. The minimum Gasteiger partial charge on any atom is -0.338 e. The highest BCUT2D eigenvalue weighted by Crippen LogP contribution is 2.40. The molecule has 0 unspecified atom stereocenters. The summed E-state index contributed by atoms with van der Waals surface area (Å²) >= 11 is 0. The second-order valence-electron chi connectivity index (χ2n) is 6.20. The Bertz CT molecular complexity index is 553. The molecule has 1 amide bonds. The quantitative estimate of drug-likeness (QED) is 0.890. The highest BCUT2D eigenvalue weighted by Gasteiger charge is 2.46. The van der Waals surface area contributed by atoms with Gasteiger partial charge in [-0.2, -0.15) is 13.2 Å². The summed E-state index contributed by atoms with van der Waals surface area (Å²) in [5.41, 5.74) is -0.150. The van der Waals surface area contributed by atoms with E-state index < -0.39 is 11.7 Å². The van der Waals surface area contributed by atoms with Gasteiger partial charge in [-0.05, 0) is 50.0 Å². The fourth-order valence-corrected chi connectivity index (χ4v) is 3.43. The molecule has 1 aromatic rings. The smallest absolute Gasteiger partial charge is 0.338 e. The SMILES string of the molecule is Cl.O=C1N(Cc2ccc(C(F)(F)F)cc2)CCC12CCNCC2. The number of alkyl halides is 3. The second-order valence-corrected chi connectivity index (χ2v) is 6.20. The predicted octanol–water partition coefficient (Wildman–Crippen LogP) is 3.23. The zero-order valence-corrected chi connectivity index (χ0v) is 13.5. The number of carbonyl (C=O) groups is 1. The first-order valence-corrected chi connectivity index (χ1v) is 7.57. The van der Waals surface area contributed by atoms with E-state index in [2.05, 4.69) is 5.32 Å². The summed E-state index contributed by atoms with van der Waals surface area (Å²) < 4.78 is 37.7. The van der Waals surface area contributed by atoms with Crippen molar-refractivity contribution in [2.24, 2.45) is 5.41 Å². The minimum atomic E-state index is -4.32. The highest BCUT2D eigenvalue weighted by molar-refractivity contribution is 5.85. The Balaban J connectivity index is 0.00000192. The standard InChI is InChI=1S/C16H19F3N2O.ClH/c17-16(18,19)13-3-1-12(2-4-13)11-21-10-7-15(14(21)22)5-8-20-9-6-15;/h1-4,20H,5-11H2;1H. The van der Waals surface area contributed by atoms with Crippen molar-refractivity contribution in [1.82, 2.24) is 10.2 Å². The summed E-state index contributed by atoms with van der Waals surface area (Å²) in [5, 5.41) is 3.26. The molecule has 3 nitrogen and oxygen atoms in total. The van der Waals surface area contributed by atoms with Crippen molar-refractivity contribution in [1.29, 1.82) is 0 Å². The summed E-state index contributed by atoms with van der Waals surface area (Å²) in [6, 6.07) is 5.08. The van der Waals surface area contributed by atoms with E-state index in [-0.39, 0.29) is 23.7 Å². The van der Waals surface area contributed by atoms with Crippen LogP contribution in [-0.2, 0) is 17.5 Å². The molecule has 0 aromatic heterocycles. The van der Waals surface area contributed by atoms with Crippen molar-refractivity contribution in [2.75, 3.05) is 19.6 Å². The van der Waals surface area contributed by atoms with Gasteiger partial charge in [-0.3, -0.25) is 4.79 Å². The van der Waals surface area contributed by atoms with Crippen molar-refractivity contribution in [3.05, 3.63) is 35.4 Å². The Hall–Kier alpha value is -1.27. The maximum atomic E-state index is 12.6. The molecular weight excluding hydrogens is 329 g/mol. The van der Waals surface area contributed by atoms with Gasteiger partial charge in [0.05, 0.1) is 11.0 Å². The molecule has 2 aliphatic rings. The van der Waals surface area contributed by atoms with Crippen LogP contribution in [0.25, 0.3) is 0 Å². The van der Waals surface area contributed by atoms with Gasteiger partial charge in [0, 0.05) is 13.1 Å². The molecule has 3 rings (SSSR count). The van der Waals surface area contributed by atoms with Crippen LogP contribution in [0.1, 0.15) is 30.4 Å². The average Bonchev–Trinajstić information content (AvgIpc) is 2.77. The van der Waals surface area contributed by atoms with Gasteiger partial charge in [-0.25, -0.2) is 0 Å². The number of rotatable bonds is 2. The molecule has 2 fully saturated rings. The normalized spacial score (nSPS) is 20.7. The molecule has 2 aliphatic heterocycles. The zero-order valence-electron chi connectivity index (χ0n) is 12.7. The van der Waals surface area contributed by atoms with Gasteiger partial charge in [0.1, 0.15) is 0 Å². The Morgan fingerprint density at radius 1 is 1.09 bits per heavy atom. The van der Waals surface area contributed by atoms with Crippen molar-refractivity contribution >= 4 is 18.3 Å². The molecule has 1 spiro atoms. The van der Waals surface area contributed by atoms with Gasteiger partial charge in [-0.15, -0.1) is 12.4 Å². The number of hydrogen-bond donors (Lipinski definition) is 1. The predicted molar refractivity (Wildman–Crippen MR) is 83.3 cm³/mol. The third kappa shape index (κ3) is 3.63. The maximum Gasteiger partial charge on any atom is 0.416 e. The Kier molecular flexibility index (Phi) is 5.26. The third-order valence-electron chi connectivity index (χ3n) is 4.82. The van der Waals surface area contributed by atoms with E-state index in [9.17, 15) is 18.0 Å². The number of nitrogens with zero attached hydrogens (tertiary/aromatic N) is 1. The lowest BCUT2D eigenvalue weighted by Gasteiger charge is -2.32. The lowest BCUT2D eigenvalue weighted by molar-refractivity contribution is -0.138. The summed E-state index contributed by atoms with van der Waals surface area (Å²) in [6.45, 7) is 2.81. The first kappa shape index (κ1) is 18.1. The van der Waals surface area contributed by atoms with Crippen LogP contribution in [0, 0.1) is 5.41 Å². The number of halogens is 4. The lowest BCUT2D eigenvalue weighted by Crippen LogP contribution is -2.42. The minimum absolute atomic E-state index is 0. The fourth-order valence-electron chi connectivity index (χ4n) is 3.43. The summed E-state index contributed by atoms with van der Waals surface area (Å²) in [5.74, 6) is 0.161.